The summed E-state index contributed by atoms with van der Waals surface area (Å²) in [4.78, 5) is 10.0. The second-order valence-corrected chi connectivity index (χ2v) is 9.38. The van der Waals surface area contributed by atoms with Crippen molar-refractivity contribution in [2.45, 2.75) is 26.8 Å². The van der Waals surface area contributed by atoms with Gasteiger partial charge in [-0.25, -0.2) is 4.98 Å². The molecule has 0 bridgehead atoms. The van der Waals surface area contributed by atoms with Crippen LogP contribution < -0.4 is 4.90 Å². The topological polar surface area (TPSA) is 19.4 Å². The summed E-state index contributed by atoms with van der Waals surface area (Å²) < 4.78 is 1.27. The summed E-state index contributed by atoms with van der Waals surface area (Å²) in [6.07, 6.45) is 0. The minimum Gasteiger partial charge on any atom is -0.345 e. The summed E-state index contributed by atoms with van der Waals surface area (Å²) >= 11 is 1.81. The van der Waals surface area contributed by atoms with Gasteiger partial charge in [-0.1, -0.05) is 74.6 Å². The van der Waals surface area contributed by atoms with Crippen LogP contribution in [0.15, 0.2) is 54.6 Å². The Balaban J connectivity index is 1.62. The van der Waals surface area contributed by atoms with E-state index in [9.17, 15) is 0 Å². The van der Waals surface area contributed by atoms with E-state index in [1.165, 1.54) is 10.3 Å². The van der Waals surface area contributed by atoms with Crippen molar-refractivity contribution in [3.63, 3.8) is 0 Å². The van der Waals surface area contributed by atoms with Crippen LogP contribution in [0.25, 0.3) is 10.2 Å². The van der Waals surface area contributed by atoms with Gasteiger partial charge in [0.1, 0.15) is 0 Å². The number of thiazole rings is 1. The Morgan fingerprint density at radius 2 is 1.73 bits per heavy atom. The number of fused-ring (bicyclic) bond motifs is 1. The molecule has 1 aliphatic heterocycles. The number of piperazine rings is 1. The first-order valence-corrected chi connectivity index (χ1v) is 10.2. The number of hydrogen-bond acceptors (Lipinski definition) is 4. The van der Waals surface area contributed by atoms with Gasteiger partial charge in [-0.15, -0.1) is 0 Å². The Hall–Kier alpha value is -1.91. The van der Waals surface area contributed by atoms with Gasteiger partial charge in [0.15, 0.2) is 5.13 Å². The third kappa shape index (κ3) is 3.76. The predicted molar refractivity (Wildman–Crippen MR) is 112 cm³/mol. The van der Waals surface area contributed by atoms with Crippen LogP contribution in [-0.2, 0) is 0 Å². The maximum Gasteiger partial charge on any atom is 0.186 e. The predicted octanol–water partition coefficient (Wildman–Crippen LogP) is 5.21. The van der Waals surface area contributed by atoms with Crippen molar-refractivity contribution in [2.75, 3.05) is 31.1 Å². The van der Waals surface area contributed by atoms with E-state index < -0.39 is 0 Å². The van der Waals surface area contributed by atoms with Crippen molar-refractivity contribution in [3.05, 3.63) is 60.2 Å². The van der Waals surface area contributed by atoms with E-state index in [0.29, 0.717) is 11.5 Å². The van der Waals surface area contributed by atoms with Gasteiger partial charge in [0.2, 0.25) is 0 Å². The van der Waals surface area contributed by atoms with Crippen molar-refractivity contribution in [3.8, 4) is 0 Å². The maximum atomic E-state index is 4.89. The second kappa shape index (κ2) is 7.01. The second-order valence-electron chi connectivity index (χ2n) is 8.37. The lowest BCUT2D eigenvalue weighted by atomic mass is 9.93. The fourth-order valence-electron chi connectivity index (χ4n) is 3.78. The van der Waals surface area contributed by atoms with E-state index in [4.69, 9.17) is 4.98 Å². The summed E-state index contributed by atoms with van der Waals surface area (Å²) in [5.74, 6) is 0. The monoisotopic (exact) mass is 365 g/mol. The molecule has 0 aliphatic carbocycles. The fourth-order valence-corrected chi connectivity index (χ4v) is 4.78. The van der Waals surface area contributed by atoms with Gasteiger partial charge >= 0.3 is 0 Å². The highest BCUT2D eigenvalue weighted by atomic mass is 32.1. The molecule has 0 spiro atoms. The molecule has 0 saturated carbocycles. The van der Waals surface area contributed by atoms with Crippen molar-refractivity contribution >= 4 is 26.7 Å². The molecule has 1 atom stereocenters. The molecule has 3 aromatic rings. The van der Waals surface area contributed by atoms with Crippen LogP contribution in [0.3, 0.4) is 0 Å². The lowest BCUT2D eigenvalue weighted by Gasteiger charge is -2.44. The highest BCUT2D eigenvalue weighted by molar-refractivity contribution is 7.22. The fraction of sp³-hybridized carbons (Fsp3) is 0.409. The minimum absolute atomic E-state index is 0.297. The van der Waals surface area contributed by atoms with Crippen LogP contribution in [0, 0.1) is 5.41 Å². The smallest absolute Gasteiger partial charge is 0.186 e. The Bertz CT molecular complexity index is 833. The van der Waals surface area contributed by atoms with E-state index in [0.717, 1.165) is 36.8 Å². The number of hydrogen-bond donors (Lipinski definition) is 0. The van der Waals surface area contributed by atoms with Crippen LogP contribution in [0.4, 0.5) is 5.13 Å². The molecule has 1 saturated heterocycles. The number of para-hydroxylation sites is 1. The van der Waals surface area contributed by atoms with Crippen molar-refractivity contribution in [2.24, 2.45) is 5.41 Å². The van der Waals surface area contributed by atoms with E-state index in [1.807, 2.05) is 11.3 Å². The Morgan fingerprint density at radius 3 is 2.46 bits per heavy atom. The first kappa shape index (κ1) is 17.5. The molecular formula is C22H27N3S. The molecule has 3 nitrogen and oxygen atoms in total. The molecule has 0 amide bonds. The summed E-state index contributed by atoms with van der Waals surface area (Å²) in [6.45, 7) is 11.2. The number of benzene rings is 2. The highest BCUT2D eigenvalue weighted by Gasteiger charge is 2.31. The number of anilines is 1. The normalized spacial score (nSPS) is 19.2. The molecule has 136 valence electrons. The first-order valence-electron chi connectivity index (χ1n) is 9.39. The van der Waals surface area contributed by atoms with Crippen LogP contribution >= 0.6 is 11.3 Å². The summed E-state index contributed by atoms with van der Waals surface area (Å²) in [5.41, 5.74) is 2.81. The zero-order valence-electron chi connectivity index (χ0n) is 15.9. The van der Waals surface area contributed by atoms with Crippen LogP contribution in [0.5, 0.6) is 0 Å². The van der Waals surface area contributed by atoms with Crippen molar-refractivity contribution in [1.29, 1.82) is 0 Å². The first-order chi connectivity index (χ1) is 12.5. The minimum atomic E-state index is 0.297. The average Bonchev–Trinajstić information content (AvgIpc) is 3.05. The number of aromatic nitrogens is 1. The highest BCUT2D eigenvalue weighted by Crippen LogP contribution is 2.34. The van der Waals surface area contributed by atoms with E-state index in [-0.39, 0.29) is 0 Å². The average molecular weight is 366 g/mol. The molecule has 26 heavy (non-hydrogen) atoms. The Labute approximate surface area is 160 Å². The van der Waals surface area contributed by atoms with Gasteiger partial charge < -0.3 is 4.90 Å². The number of nitrogens with zero attached hydrogens (tertiary/aromatic N) is 3. The lowest BCUT2D eigenvalue weighted by molar-refractivity contribution is 0.124. The molecule has 4 heteroatoms. The summed E-state index contributed by atoms with van der Waals surface area (Å²) in [7, 11) is 0. The lowest BCUT2D eigenvalue weighted by Crippen LogP contribution is -2.50. The van der Waals surface area contributed by atoms with Crippen LogP contribution in [0.1, 0.15) is 32.4 Å². The molecule has 0 N–H and O–H groups in total. The van der Waals surface area contributed by atoms with Crippen molar-refractivity contribution < 1.29 is 0 Å². The number of rotatable bonds is 3. The molecule has 1 aliphatic rings. The Kier molecular flexibility index (Phi) is 4.72. The van der Waals surface area contributed by atoms with E-state index in [2.05, 4.69) is 85.2 Å². The molecule has 1 aromatic heterocycles. The quantitative estimate of drug-likeness (QED) is 0.635. The van der Waals surface area contributed by atoms with Crippen LogP contribution in [0.2, 0.25) is 0 Å². The van der Waals surface area contributed by atoms with Gasteiger partial charge in [0.05, 0.1) is 16.3 Å². The SMILES string of the molecule is CC(C)(C)CN1CCN(c2nc3ccccc3s2)CC1c1ccccc1. The van der Waals surface area contributed by atoms with Gasteiger partial charge in [-0.05, 0) is 23.1 Å². The standard InChI is InChI=1S/C22H27N3S/c1-22(2,3)16-25-14-13-24(15-19(25)17-9-5-4-6-10-17)21-23-18-11-7-8-12-20(18)26-21/h4-12,19H,13-16H2,1-3H3. The third-order valence-corrected chi connectivity index (χ3v) is 6.00. The van der Waals surface area contributed by atoms with E-state index >= 15 is 0 Å². The van der Waals surface area contributed by atoms with Gasteiger partial charge in [-0.3, -0.25) is 4.90 Å². The van der Waals surface area contributed by atoms with Gasteiger partial charge in [-0.2, -0.15) is 0 Å². The molecule has 2 heterocycles. The third-order valence-electron chi connectivity index (χ3n) is 4.91. The molecule has 1 fully saturated rings. The van der Waals surface area contributed by atoms with Gasteiger partial charge in [0.25, 0.3) is 0 Å². The zero-order chi connectivity index (χ0) is 18.1. The largest absolute Gasteiger partial charge is 0.345 e. The molecule has 1 unspecified atom stereocenters. The van der Waals surface area contributed by atoms with Crippen molar-refractivity contribution in [1.82, 2.24) is 9.88 Å². The zero-order valence-corrected chi connectivity index (χ0v) is 16.7. The molecule has 2 aromatic carbocycles. The Morgan fingerprint density at radius 1 is 1.00 bits per heavy atom. The van der Waals surface area contributed by atoms with Gasteiger partial charge in [0, 0.05) is 26.2 Å². The molecule has 4 rings (SSSR count). The summed E-state index contributed by atoms with van der Waals surface area (Å²) in [5, 5.41) is 1.16. The van der Waals surface area contributed by atoms with E-state index in [1.54, 1.807) is 0 Å². The van der Waals surface area contributed by atoms with Crippen LogP contribution in [-0.4, -0.2) is 36.1 Å². The summed E-state index contributed by atoms with van der Waals surface area (Å²) in [6, 6.07) is 19.8. The maximum absolute atomic E-state index is 4.89. The molecular weight excluding hydrogens is 338 g/mol. The molecule has 0 radical (unpaired) electrons.